The number of hydrogen-bond acceptors (Lipinski definition) is 3. The molecule has 0 saturated carbocycles. The second-order valence-corrected chi connectivity index (χ2v) is 5.62. The van der Waals surface area contributed by atoms with Crippen LogP contribution in [0.2, 0.25) is 0 Å². The number of carboxylic acids is 1. The van der Waals surface area contributed by atoms with Crippen LogP contribution in [-0.2, 0) is 4.79 Å². The van der Waals surface area contributed by atoms with Gasteiger partial charge >= 0.3 is 5.97 Å². The number of carbonyl (C=O) groups excluding carboxylic acids is 1. The lowest BCUT2D eigenvalue weighted by Gasteiger charge is -2.36. The molecule has 2 N–H and O–H groups in total. The molecule has 1 unspecified atom stereocenters. The molecule has 5 nitrogen and oxygen atoms in total. The molecule has 2 rings (SSSR count). The monoisotopic (exact) mass is 289 g/mol. The molecular weight excluding hydrogens is 270 g/mol. The molecule has 1 atom stereocenters. The summed E-state index contributed by atoms with van der Waals surface area (Å²) in [7, 11) is 0. The van der Waals surface area contributed by atoms with Crippen LogP contribution in [0.15, 0.2) is 30.3 Å². The number of carbonyl (C=O) groups is 2. The summed E-state index contributed by atoms with van der Waals surface area (Å²) in [5, 5.41) is 18.7. The second kappa shape index (κ2) is 6.10. The van der Waals surface area contributed by atoms with Gasteiger partial charge in [0.25, 0.3) is 5.91 Å². The first-order chi connectivity index (χ1) is 9.87. The highest BCUT2D eigenvalue weighted by Crippen LogP contribution is 2.22. The molecule has 1 aromatic carbocycles. The Bertz CT molecular complexity index is 577. The van der Waals surface area contributed by atoms with Gasteiger partial charge < -0.3 is 15.1 Å². The number of aliphatic hydroxyl groups is 1. The van der Waals surface area contributed by atoms with Gasteiger partial charge in [-0.3, -0.25) is 4.79 Å². The van der Waals surface area contributed by atoms with E-state index in [0.29, 0.717) is 30.6 Å². The van der Waals surface area contributed by atoms with Gasteiger partial charge in [0.1, 0.15) is 0 Å². The van der Waals surface area contributed by atoms with Crippen molar-refractivity contribution in [3.63, 3.8) is 0 Å². The fourth-order valence-electron chi connectivity index (χ4n) is 2.52. The number of nitrogens with zero attached hydrogens (tertiary/aromatic N) is 1. The lowest BCUT2D eigenvalue weighted by atomic mass is 9.94. The van der Waals surface area contributed by atoms with E-state index in [9.17, 15) is 14.7 Å². The van der Waals surface area contributed by atoms with Crippen LogP contribution in [-0.4, -0.2) is 45.7 Å². The zero-order valence-corrected chi connectivity index (χ0v) is 12.0. The molecule has 1 saturated heterocycles. The van der Waals surface area contributed by atoms with Gasteiger partial charge in [-0.1, -0.05) is 12.1 Å². The molecule has 0 bridgehead atoms. The quantitative estimate of drug-likeness (QED) is 0.831. The fourth-order valence-corrected chi connectivity index (χ4v) is 2.52. The largest absolute Gasteiger partial charge is 0.478 e. The molecular formula is C16H19NO4. The average molecular weight is 289 g/mol. The van der Waals surface area contributed by atoms with Crippen LogP contribution in [0.3, 0.4) is 0 Å². The van der Waals surface area contributed by atoms with E-state index < -0.39 is 11.6 Å². The number of rotatable bonds is 3. The zero-order chi connectivity index (χ0) is 15.5. The van der Waals surface area contributed by atoms with E-state index in [0.717, 1.165) is 12.5 Å². The molecule has 21 heavy (non-hydrogen) atoms. The van der Waals surface area contributed by atoms with Crippen molar-refractivity contribution in [3.05, 3.63) is 41.5 Å². The van der Waals surface area contributed by atoms with E-state index in [1.54, 1.807) is 36.1 Å². The first-order valence-corrected chi connectivity index (χ1v) is 6.90. The maximum atomic E-state index is 12.5. The topological polar surface area (TPSA) is 77.8 Å². The number of amides is 1. The Morgan fingerprint density at radius 3 is 2.81 bits per heavy atom. The first-order valence-electron chi connectivity index (χ1n) is 6.90. The van der Waals surface area contributed by atoms with Crippen LogP contribution in [0, 0.1) is 0 Å². The van der Waals surface area contributed by atoms with Crippen LogP contribution in [0.4, 0.5) is 0 Å². The highest BCUT2D eigenvalue weighted by molar-refractivity contribution is 5.95. The van der Waals surface area contributed by atoms with E-state index in [-0.39, 0.29) is 5.91 Å². The summed E-state index contributed by atoms with van der Waals surface area (Å²) in [6.07, 6.45) is 3.95. The lowest BCUT2D eigenvalue weighted by molar-refractivity contribution is -0.131. The van der Waals surface area contributed by atoms with Gasteiger partial charge in [-0.05, 0) is 43.5 Å². The van der Waals surface area contributed by atoms with Crippen molar-refractivity contribution in [1.82, 2.24) is 4.90 Å². The molecule has 1 aliphatic rings. The van der Waals surface area contributed by atoms with Gasteiger partial charge in [-0.15, -0.1) is 0 Å². The molecule has 1 fully saturated rings. The van der Waals surface area contributed by atoms with E-state index >= 15 is 0 Å². The summed E-state index contributed by atoms with van der Waals surface area (Å²) in [6.45, 7) is 2.68. The number of likely N-dealkylation sites (tertiary alicyclic amines) is 1. The molecule has 0 spiro atoms. The molecule has 0 aromatic heterocycles. The summed E-state index contributed by atoms with van der Waals surface area (Å²) < 4.78 is 0. The smallest absolute Gasteiger partial charge is 0.328 e. The normalized spacial score (nSPS) is 22.5. The van der Waals surface area contributed by atoms with E-state index in [4.69, 9.17) is 5.11 Å². The molecule has 1 aromatic rings. The molecule has 0 radical (unpaired) electrons. The summed E-state index contributed by atoms with van der Waals surface area (Å²) >= 11 is 0. The van der Waals surface area contributed by atoms with Crippen molar-refractivity contribution in [3.8, 4) is 0 Å². The predicted molar refractivity (Wildman–Crippen MR) is 78.9 cm³/mol. The van der Waals surface area contributed by atoms with Gasteiger partial charge in [0, 0.05) is 24.7 Å². The Hall–Kier alpha value is -2.14. The molecule has 112 valence electrons. The zero-order valence-electron chi connectivity index (χ0n) is 12.0. The summed E-state index contributed by atoms with van der Waals surface area (Å²) in [4.78, 5) is 24.6. The van der Waals surface area contributed by atoms with Crippen molar-refractivity contribution in [2.24, 2.45) is 0 Å². The van der Waals surface area contributed by atoms with Crippen molar-refractivity contribution < 1.29 is 19.8 Å². The third kappa shape index (κ3) is 4.16. The summed E-state index contributed by atoms with van der Waals surface area (Å²) in [6, 6.07) is 6.81. The van der Waals surface area contributed by atoms with Crippen molar-refractivity contribution in [2.75, 3.05) is 13.1 Å². The lowest BCUT2D eigenvalue weighted by Crippen LogP contribution is -2.48. The Balaban J connectivity index is 2.16. The van der Waals surface area contributed by atoms with Crippen molar-refractivity contribution in [2.45, 2.75) is 25.4 Å². The van der Waals surface area contributed by atoms with Gasteiger partial charge in [-0.2, -0.15) is 0 Å². The Morgan fingerprint density at radius 2 is 2.14 bits per heavy atom. The number of aliphatic carboxylic acids is 1. The number of benzene rings is 1. The van der Waals surface area contributed by atoms with Gasteiger partial charge in [0.05, 0.1) is 5.60 Å². The Morgan fingerprint density at radius 1 is 1.38 bits per heavy atom. The third-order valence-corrected chi connectivity index (χ3v) is 3.51. The first kappa shape index (κ1) is 15.3. The SMILES string of the molecule is CC1(O)CCCN(C(=O)c2cccc(/C=C/C(=O)O)c2)C1. The van der Waals surface area contributed by atoms with E-state index in [2.05, 4.69) is 0 Å². The van der Waals surface area contributed by atoms with Crippen LogP contribution in [0.25, 0.3) is 6.08 Å². The highest BCUT2D eigenvalue weighted by atomic mass is 16.4. The van der Waals surface area contributed by atoms with E-state index in [1.165, 1.54) is 6.08 Å². The minimum absolute atomic E-state index is 0.138. The van der Waals surface area contributed by atoms with Crippen LogP contribution < -0.4 is 0 Å². The van der Waals surface area contributed by atoms with Crippen LogP contribution in [0.1, 0.15) is 35.7 Å². The summed E-state index contributed by atoms with van der Waals surface area (Å²) in [5.41, 5.74) is 0.321. The number of carboxylic acid groups (broad SMARTS) is 1. The minimum atomic E-state index is -1.03. The molecule has 1 heterocycles. The van der Waals surface area contributed by atoms with Gasteiger partial charge in [0.15, 0.2) is 0 Å². The molecule has 1 aliphatic heterocycles. The van der Waals surface area contributed by atoms with Crippen LogP contribution >= 0.6 is 0 Å². The number of β-amino-alcohol motifs (C(OH)–C–C–N with tert-alkyl or cyclic N) is 1. The van der Waals surface area contributed by atoms with Crippen LogP contribution in [0.5, 0.6) is 0 Å². The minimum Gasteiger partial charge on any atom is -0.478 e. The number of piperidine rings is 1. The van der Waals surface area contributed by atoms with Crippen molar-refractivity contribution in [1.29, 1.82) is 0 Å². The highest BCUT2D eigenvalue weighted by Gasteiger charge is 2.31. The summed E-state index contributed by atoms with van der Waals surface area (Å²) in [5.74, 6) is -1.17. The Labute approximate surface area is 123 Å². The maximum Gasteiger partial charge on any atom is 0.328 e. The molecule has 1 amide bonds. The Kier molecular flexibility index (Phi) is 4.43. The molecule has 5 heteroatoms. The molecule has 0 aliphatic carbocycles. The van der Waals surface area contributed by atoms with Gasteiger partial charge in [-0.25, -0.2) is 4.79 Å². The van der Waals surface area contributed by atoms with Crippen molar-refractivity contribution >= 4 is 18.0 Å². The fraction of sp³-hybridized carbons (Fsp3) is 0.375. The predicted octanol–water partition coefficient (Wildman–Crippen LogP) is 1.77. The standard InChI is InChI=1S/C16H19NO4/c1-16(21)8-3-9-17(11-16)15(20)13-5-2-4-12(10-13)6-7-14(18)19/h2,4-7,10,21H,3,8-9,11H2,1H3,(H,18,19)/b7-6+. The van der Waals surface area contributed by atoms with Gasteiger partial charge in [0.2, 0.25) is 0 Å². The third-order valence-electron chi connectivity index (χ3n) is 3.51. The maximum absolute atomic E-state index is 12.5. The average Bonchev–Trinajstić information content (AvgIpc) is 2.43. The van der Waals surface area contributed by atoms with E-state index in [1.807, 2.05) is 0 Å². The number of hydrogen-bond donors (Lipinski definition) is 2. The second-order valence-electron chi connectivity index (χ2n) is 5.62.